The van der Waals surface area contributed by atoms with Gasteiger partial charge in [0.25, 0.3) is 5.91 Å². The molecule has 0 fully saturated rings. The van der Waals surface area contributed by atoms with E-state index in [0.29, 0.717) is 25.9 Å². The van der Waals surface area contributed by atoms with Crippen LogP contribution in [0.25, 0.3) is 0 Å². The number of nitrogens with one attached hydrogen (secondary N) is 2. The molecule has 0 radical (unpaired) electrons. The van der Waals surface area contributed by atoms with Crippen LogP contribution < -0.4 is 10.6 Å². The highest BCUT2D eigenvalue weighted by Crippen LogP contribution is 1.99. The number of furan rings is 1. The largest absolute Gasteiger partial charge is 0.459 e. The van der Waals surface area contributed by atoms with E-state index in [2.05, 4.69) is 10.6 Å². The SMILES string of the molecule is O=C(CCCNC(=O)c1ccco1)NCCCCCO. The Morgan fingerprint density at radius 3 is 2.60 bits per heavy atom. The van der Waals surface area contributed by atoms with Gasteiger partial charge in [0, 0.05) is 26.1 Å². The number of amides is 2. The molecule has 1 aromatic rings. The number of carbonyl (C=O) groups excluding carboxylic acids is 2. The van der Waals surface area contributed by atoms with Gasteiger partial charge >= 0.3 is 0 Å². The number of rotatable bonds is 10. The maximum atomic E-state index is 11.5. The van der Waals surface area contributed by atoms with Gasteiger partial charge in [0.05, 0.1) is 6.26 Å². The summed E-state index contributed by atoms with van der Waals surface area (Å²) in [6.45, 7) is 1.28. The minimum atomic E-state index is -0.264. The number of aliphatic hydroxyl groups is 1. The van der Waals surface area contributed by atoms with Crippen molar-refractivity contribution in [3.8, 4) is 0 Å². The van der Waals surface area contributed by atoms with Crippen LogP contribution in [0.3, 0.4) is 0 Å². The van der Waals surface area contributed by atoms with Crippen LogP contribution in [0.15, 0.2) is 22.8 Å². The fourth-order valence-electron chi connectivity index (χ4n) is 1.68. The van der Waals surface area contributed by atoms with Crippen LogP contribution in [0.2, 0.25) is 0 Å². The molecular weight excluding hydrogens is 260 g/mol. The van der Waals surface area contributed by atoms with Crippen molar-refractivity contribution >= 4 is 11.8 Å². The molecule has 0 aliphatic heterocycles. The predicted molar refractivity (Wildman–Crippen MR) is 74.2 cm³/mol. The number of carbonyl (C=O) groups is 2. The third kappa shape index (κ3) is 6.94. The van der Waals surface area contributed by atoms with Gasteiger partial charge in [0.15, 0.2) is 5.76 Å². The molecule has 1 aromatic heterocycles. The monoisotopic (exact) mass is 282 g/mol. The molecule has 6 heteroatoms. The molecule has 0 spiro atoms. The van der Waals surface area contributed by atoms with Crippen molar-refractivity contribution in [2.24, 2.45) is 0 Å². The molecule has 112 valence electrons. The Kier molecular flexibility index (Phi) is 8.14. The molecule has 2 amide bonds. The van der Waals surface area contributed by atoms with Crippen molar-refractivity contribution in [2.75, 3.05) is 19.7 Å². The van der Waals surface area contributed by atoms with Gasteiger partial charge in [-0.25, -0.2) is 0 Å². The van der Waals surface area contributed by atoms with E-state index in [9.17, 15) is 9.59 Å². The van der Waals surface area contributed by atoms with Gasteiger partial charge in [0.1, 0.15) is 0 Å². The van der Waals surface area contributed by atoms with E-state index in [0.717, 1.165) is 19.3 Å². The number of hydrogen-bond acceptors (Lipinski definition) is 4. The summed E-state index contributed by atoms with van der Waals surface area (Å²) in [6, 6.07) is 3.24. The molecule has 0 atom stereocenters. The second-order valence-corrected chi connectivity index (χ2v) is 4.47. The molecule has 0 saturated carbocycles. The van der Waals surface area contributed by atoms with E-state index >= 15 is 0 Å². The zero-order valence-electron chi connectivity index (χ0n) is 11.6. The fraction of sp³-hybridized carbons (Fsp3) is 0.571. The maximum absolute atomic E-state index is 11.5. The van der Waals surface area contributed by atoms with Crippen LogP contribution in [-0.4, -0.2) is 36.6 Å². The summed E-state index contributed by atoms with van der Waals surface area (Å²) in [6.07, 6.45) is 4.98. The van der Waals surface area contributed by atoms with Crippen LogP contribution in [0.1, 0.15) is 42.7 Å². The molecule has 0 aliphatic carbocycles. The minimum Gasteiger partial charge on any atom is -0.459 e. The van der Waals surface area contributed by atoms with E-state index in [1.54, 1.807) is 12.1 Å². The molecule has 0 unspecified atom stereocenters. The number of unbranched alkanes of at least 4 members (excludes halogenated alkanes) is 2. The Balaban J connectivity index is 1.98. The van der Waals surface area contributed by atoms with Gasteiger partial charge < -0.3 is 20.2 Å². The van der Waals surface area contributed by atoms with Crippen LogP contribution in [0, 0.1) is 0 Å². The maximum Gasteiger partial charge on any atom is 0.286 e. The van der Waals surface area contributed by atoms with Crippen LogP contribution in [-0.2, 0) is 4.79 Å². The van der Waals surface area contributed by atoms with Crippen molar-refractivity contribution < 1.29 is 19.1 Å². The highest BCUT2D eigenvalue weighted by molar-refractivity contribution is 5.91. The Morgan fingerprint density at radius 2 is 1.90 bits per heavy atom. The quantitative estimate of drug-likeness (QED) is 0.560. The van der Waals surface area contributed by atoms with Gasteiger partial charge in [-0.3, -0.25) is 9.59 Å². The van der Waals surface area contributed by atoms with Crippen molar-refractivity contribution in [3.63, 3.8) is 0 Å². The summed E-state index contributed by atoms with van der Waals surface area (Å²) in [5.41, 5.74) is 0. The van der Waals surface area contributed by atoms with Crippen molar-refractivity contribution in [2.45, 2.75) is 32.1 Å². The molecule has 6 nitrogen and oxygen atoms in total. The second-order valence-electron chi connectivity index (χ2n) is 4.47. The predicted octanol–water partition coefficient (Wildman–Crippen LogP) is 1.07. The molecule has 1 heterocycles. The molecule has 3 N–H and O–H groups in total. The first-order valence-electron chi connectivity index (χ1n) is 6.93. The lowest BCUT2D eigenvalue weighted by atomic mass is 10.2. The Labute approximate surface area is 118 Å². The van der Waals surface area contributed by atoms with Gasteiger partial charge in [-0.1, -0.05) is 0 Å². The third-order valence-corrected chi connectivity index (χ3v) is 2.77. The Bertz CT molecular complexity index is 390. The first kappa shape index (κ1) is 16.2. The van der Waals surface area contributed by atoms with Crippen molar-refractivity contribution in [1.29, 1.82) is 0 Å². The van der Waals surface area contributed by atoms with Gasteiger partial charge in [0.2, 0.25) is 5.91 Å². The number of aliphatic hydroxyl groups excluding tert-OH is 1. The average molecular weight is 282 g/mol. The van der Waals surface area contributed by atoms with Gasteiger partial charge in [-0.2, -0.15) is 0 Å². The lowest BCUT2D eigenvalue weighted by molar-refractivity contribution is -0.121. The molecule has 0 aromatic carbocycles. The summed E-state index contributed by atoms with van der Waals surface area (Å²) in [4.78, 5) is 23.0. The minimum absolute atomic E-state index is 0.0127. The third-order valence-electron chi connectivity index (χ3n) is 2.77. The smallest absolute Gasteiger partial charge is 0.286 e. The van der Waals surface area contributed by atoms with Crippen molar-refractivity contribution in [3.05, 3.63) is 24.2 Å². The fourth-order valence-corrected chi connectivity index (χ4v) is 1.68. The standard InChI is InChI=1S/C14H22N2O4/c17-10-3-1-2-8-15-13(18)7-4-9-16-14(19)12-6-5-11-20-12/h5-6,11,17H,1-4,7-10H2,(H,15,18)(H,16,19). The Morgan fingerprint density at radius 1 is 1.10 bits per heavy atom. The van der Waals surface area contributed by atoms with Gasteiger partial charge in [-0.15, -0.1) is 0 Å². The summed E-state index contributed by atoms with van der Waals surface area (Å²) in [7, 11) is 0. The number of hydrogen-bond donors (Lipinski definition) is 3. The first-order valence-corrected chi connectivity index (χ1v) is 6.93. The summed E-state index contributed by atoms with van der Waals surface area (Å²) >= 11 is 0. The second kappa shape index (κ2) is 10.0. The van der Waals surface area contributed by atoms with E-state index in [1.807, 2.05) is 0 Å². The van der Waals surface area contributed by atoms with Crippen LogP contribution in [0.5, 0.6) is 0 Å². The Hall–Kier alpha value is -1.82. The zero-order valence-corrected chi connectivity index (χ0v) is 11.6. The molecule has 0 saturated heterocycles. The van der Waals surface area contributed by atoms with Crippen LogP contribution >= 0.6 is 0 Å². The van der Waals surface area contributed by atoms with Crippen molar-refractivity contribution in [1.82, 2.24) is 10.6 Å². The van der Waals surface area contributed by atoms with E-state index in [-0.39, 0.29) is 24.2 Å². The highest BCUT2D eigenvalue weighted by Gasteiger charge is 2.07. The van der Waals surface area contributed by atoms with Gasteiger partial charge in [-0.05, 0) is 37.8 Å². The highest BCUT2D eigenvalue weighted by atomic mass is 16.3. The van der Waals surface area contributed by atoms with E-state index in [1.165, 1.54) is 6.26 Å². The molecule has 0 bridgehead atoms. The zero-order chi connectivity index (χ0) is 14.6. The topological polar surface area (TPSA) is 91.6 Å². The van der Waals surface area contributed by atoms with Crippen LogP contribution in [0.4, 0.5) is 0 Å². The summed E-state index contributed by atoms with van der Waals surface area (Å²) < 4.78 is 4.95. The lowest BCUT2D eigenvalue weighted by Crippen LogP contribution is -2.27. The first-order chi connectivity index (χ1) is 9.74. The average Bonchev–Trinajstić information content (AvgIpc) is 2.97. The molecule has 20 heavy (non-hydrogen) atoms. The van der Waals surface area contributed by atoms with E-state index < -0.39 is 0 Å². The molecule has 0 aliphatic rings. The normalized spacial score (nSPS) is 10.2. The van der Waals surface area contributed by atoms with E-state index in [4.69, 9.17) is 9.52 Å². The summed E-state index contributed by atoms with van der Waals surface area (Å²) in [5.74, 6) is -0.000933. The lowest BCUT2D eigenvalue weighted by Gasteiger charge is -2.05. The molecule has 1 rings (SSSR count). The molecular formula is C14H22N2O4. The summed E-state index contributed by atoms with van der Waals surface area (Å²) in [5, 5.41) is 14.1.